The van der Waals surface area contributed by atoms with E-state index in [1.54, 1.807) is 0 Å². The fourth-order valence-electron chi connectivity index (χ4n) is 3.86. The third-order valence-corrected chi connectivity index (χ3v) is 5.69. The lowest BCUT2D eigenvalue weighted by atomic mass is 9.96. The Bertz CT molecular complexity index is 1010. The van der Waals surface area contributed by atoms with Crippen LogP contribution in [0.4, 0.5) is 5.82 Å². The lowest BCUT2D eigenvalue weighted by molar-refractivity contribution is -0.125. The standard InChI is InChI=1S/C25H28N4O/c1-18-6-8-20(9-7-18)17-27-25(30)21-11-14-29(15-12-21)23-10-13-26-24(28-23)22-5-3-4-19(2)16-22/h3-10,13,16,21H,11-12,14-15,17H2,1-2H3,(H,27,30). The molecule has 5 nitrogen and oxygen atoms in total. The van der Waals surface area contributed by atoms with Crippen molar-refractivity contribution in [3.05, 3.63) is 77.5 Å². The highest BCUT2D eigenvalue weighted by molar-refractivity contribution is 5.79. The van der Waals surface area contributed by atoms with Gasteiger partial charge in [-0.25, -0.2) is 9.97 Å². The van der Waals surface area contributed by atoms with Crippen molar-refractivity contribution in [2.45, 2.75) is 33.2 Å². The van der Waals surface area contributed by atoms with E-state index in [9.17, 15) is 4.79 Å². The molecule has 0 spiro atoms. The Morgan fingerprint density at radius 2 is 1.80 bits per heavy atom. The Morgan fingerprint density at radius 1 is 1.03 bits per heavy atom. The summed E-state index contributed by atoms with van der Waals surface area (Å²) < 4.78 is 0. The SMILES string of the molecule is Cc1ccc(CNC(=O)C2CCN(c3ccnc(-c4cccc(C)c4)n3)CC2)cc1. The number of anilines is 1. The van der Waals surface area contributed by atoms with Crippen LogP contribution in [-0.2, 0) is 11.3 Å². The molecular formula is C25H28N4O. The second-order valence-corrected chi connectivity index (χ2v) is 8.07. The summed E-state index contributed by atoms with van der Waals surface area (Å²) in [7, 11) is 0. The molecule has 154 valence electrons. The Labute approximate surface area is 178 Å². The van der Waals surface area contributed by atoms with Gasteiger partial charge in [-0.05, 0) is 44.4 Å². The van der Waals surface area contributed by atoms with Crippen LogP contribution in [0.25, 0.3) is 11.4 Å². The van der Waals surface area contributed by atoms with Gasteiger partial charge in [-0.2, -0.15) is 0 Å². The molecule has 1 aromatic heterocycles. The molecule has 0 atom stereocenters. The predicted octanol–water partition coefficient (Wildman–Crippen LogP) is 4.29. The number of aromatic nitrogens is 2. The Balaban J connectivity index is 1.33. The van der Waals surface area contributed by atoms with Crippen molar-refractivity contribution in [1.82, 2.24) is 15.3 Å². The highest BCUT2D eigenvalue weighted by Crippen LogP contribution is 2.24. The summed E-state index contributed by atoms with van der Waals surface area (Å²) in [5.74, 6) is 1.89. The van der Waals surface area contributed by atoms with Crippen molar-refractivity contribution < 1.29 is 4.79 Å². The molecule has 0 bridgehead atoms. The van der Waals surface area contributed by atoms with E-state index in [4.69, 9.17) is 4.98 Å². The fraction of sp³-hybridized carbons (Fsp3) is 0.320. The van der Waals surface area contributed by atoms with Crippen molar-refractivity contribution in [2.24, 2.45) is 5.92 Å². The van der Waals surface area contributed by atoms with Gasteiger partial charge in [-0.1, -0.05) is 53.6 Å². The van der Waals surface area contributed by atoms with Gasteiger partial charge in [0.25, 0.3) is 0 Å². The van der Waals surface area contributed by atoms with Crippen LogP contribution in [0, 0.1) is 19.8 Å². The monoisotopic (exact) mass is 400 g/mol. The van der Waals surface area contributed by atoms with Crippen molar-refractivity contribution in [3.63, 3.8) is 0 Å². The van der Waals surface area contributed by atoms with E-state index in [2.05, 4.69) is 65.4 Å². The van der Waals surface area contributed by atoms with Gasteiger partial charge in [0.1, 0.15) is 5.82 Å². The molecule has 2 heterocycles. The number of aryl methyl sites for hydroxylation is 2. The van der Waals surface area contributed by atoms with Crippen LogP contribution in [0.15, 0.2) is 60.8 Å². The molecule has 1 fully saturated rings. The third-order valence-electron chi connectivity index (χ3n) is 5.69. The van der Waals surface area contributed by atoms with E-state index in [0.29, 0.717) is 6.54 Å². The molecule has 3 aromatic rings. The van der Waals surface area contributed by atoms with Crippen molar-refractivity contribution in [1.29, 1.82) is 0 Å². The number of hydrogen-bond donors (Lipinski definition) is 1. The average molecular weight is 401 g/mol. The topological polar surface area (TPSA) is 58.1 Å². The summed E-state index contributed by atoms with van der Waals surface area (Å²) in [6.45, 7) is 6.38. The Kier molecular flexibility index (Phi) is 6.07. The highest BCUT2D eigenvalue weighted by atomic mass is 16.1. The second kappa shape index (κ2) is 9.08. The first kappa shape index (κ1) is 20.1. The van der Waals surface area contributed by atoms with Crippen LogP contribution in [0.3, 0.4) is 0 Å². The van der Waals surface area contributed by atoms with Crippen molar-refractivity contribution in [2.75, 3.05) is 18.0 Å². The number of nitrogens with one attached hydrogen (secondary N) is 1. The summed E-state index contributed by atoms with van der Waals surface area (Å²) in [5, 5.41) is 3.10. The van der Waals surface area contributed by atoms with Gasteiger partial charge in [0.2, 0.25) is 5.91 Å². The first-order valence-corrected chi connectivity index (χ1v) is 10.6. The van der Waals surface area contributed by atoms with Crippen LogP contribution in [0.1, 0.15) is 29.5 Å². The molecule has 0 saturated carbocycles. The Hall–Kier alpha value is -3.21. The zero-order chi connectivity index (χ0) is 20.9. The minimum atomic E-state index is 0.0600. The van der Waals surface area contributed by atoms with E-state index >= 15 is 0 Å². The quantitative estimate of drug-likeness (QED) is 0.694. The molecule has 0 radical (unpaired) electrons. The molecular weight excluding hydrogens is 372 g/mol. The summed E-state index contributed by atoms with van der Waals surface area (Å²) in [5.41, 5.74) is 4.59. The predicted molar refractivity (Wildman–Crippen MR) is 120 cm³/mol. The summed E-state index contributed by atoms with van der Waals surface area (Å²) in [4.78, 5) is 24.1. The number of hydrogen-bond acceptors (Lipinski definition) is 4. The maximum absolute atomic E-state index is 12.6. The second-order valence-electron chi connectivity index (χ2n) is 8.07. The van der Waals surface area contributed by atoms with E-state index in [1.165, 1.54) is 11.1 Å². The summed E-state index contributed by atoms with van der Waals surface area (Å²) in [6.07, 6.45) is 3.49. The van der Waals surface area contributed by atoms with Gasteiger partial charge in [-0.3, -0.25) is 4.79 Å². The molecule has 1 aliphatic heterocycles. The van der Waals surface area contributed by atoms with Crippen molar-refractivity contribution >= 4 is 11.7 Å². The van der Waals surface area contributed by atoms with Gasteiger partial charge in [0, 0.05) is 37.3 Å². The molecule has 0 unspecified atom stereocenters. The zero-order valence-corrected chi connectivity index (χ0v) is 17.6. The summed E-state index contributed by atoms with van der Waals surface area (Å²) >= 11 is 0. The van der Waals surface area contributed by atoms with Crippen LogP contribution >= 0.6 is 0 Å². The van der Waals surface area contributed by atoms with Gasteiger partial charge < -0.3 is 10.2 Å². The molecule has 30 heavy (non-hydrogen) atoms. The van der Waals surface area contributed by atoms with E-state index < -0.39 is 0 Å². The van der Waals surface area contributed by atoms with E-state index in [0.717, 1.165) is 48.7 Å². The van der Waals surface area contributed by atoms with Crippen LogP contribution < -0.4 is 10.2 Å². The lowest BCUT2D eigenvalue weighted by Crippen LogP contribution is -2.40. The van der Waals surface area contributed by atoms with E-state index in [-0.39, 0.29) is 11.8 Å². The minimum Gasteiger partial charge on any atom is -0.356 e. The largest absolute Gasteiger partial charge is 0.356 e. The summed E-state index contributed by atoms with van der Waals surface area (Å²) in [6, 6.07) is 18.5. The van der Waals surface area contributed by atoms with Gasteiger partial charge in [-0.15, -0.1) is 0 Å². The van der Waals surface area contributed by atoms with Crippen molar-refractivity contribution in [3.8, 4) is 11.4 Å². The molecule has 2 aromatic carbocycles. The van der Waals surface area contributed by atoms with E-state index in [1.807, 2.05) is 24.4 Å². The molecule has 1 amide bonds. The number of piperidine rings is 1. The van der Waals surface area contributed by atoms with Crippen LogP contribution in [0.5, 0.6) is 0 Å². The smallest absolute Gasteiger partial charge is 0.223 e. The maximum atomic E-state index is 12.6. The number of nitrogens with zero attached hydrogens (tertiary/aromatic N) is 3. The van der Waals surface area contributed by atoms with Gasteiger partial charge in [0.15, 0.2) is 5.82 Å². The van der Waals surface area contributed by atoms with Crippen LogP contribution in [0.2, 0.25) is 0 Å². The number of carbonyl (C=O) groups is 1. The Morgan fingerprint density at radius 3 is 2.53 bits per heavy atom. The molecule has 4 rings (SSSR count). The maximum Gasteiger partial charge on any atom is 0.223 e. The number of rotatable bonds is 5. The molecule has 1 N–H and O–H groups in total. The fourth-order valence-corrected chi connectivity index (χ4v) is 3.86. The number of benzene rings is 2. The molecule has 0 aliphatic carbocycles. The highest BCUT2D eigenvalue weighted by Gasteiger charge is 2.25. The minimum absolute atomic E-state index is 0.0600. The zero-order valence-electron chi connectivity index (χ0n) is 17.6. The lowest BCUT2D eigenvalue weighted by Gasteiger charge is -2.32. The first-order valence-electron chi connectivity index (χ1n) is 10.6. The normalized spacial score (nSPS) is 14.5. The van der Waals surface area contributed by atoms with Gasteiger partial charge in [0.05, 0.1) is 0 Å². The number of carbonyl (C=O) groups excluding carboxylic acids is 1. The molecule has 1 saturated heterocycles. The molecule has 5 heteroatoms. The molecule has 1 aliphatic rings. The van der Waals surface area contributed by atoms with Gasteiger partial charge >= 0.3 is 0 Å². The first-order chi connectivity index (χ1) is 14.6. The number of amides is 1. The third kappa shape index (κ3) is 4.85. The average Bonchev–Trinajstić information content (AvgIpc) is 2.79. The van der Waals surface area contributed by atoms with Crippen LogP contribution in [-0.4, -0.2) is 29.0 Å².